The van der Waals surface area contributed by atoms with Gasteiger partial charge in [-0.25, -0.2) is 4.98 Å². The molecule has 0 aromatic carbocycles. The maximum absolute atomic E-state index is 8.73. The molecular weight excluding hydrogens is 238 g/mol. The Morgan fingerprint density at radius 3 is 2.63 bits per heavy atom. The van der Waals surface area contributed by atoms with Crippen LogP contribution in [0.3, 0.4) is 0 Å². The summed E-state index contributed by atoms with van der Waals surface area (Å²) in [6, 6.07) is 6.02. The fraction of sp³-hybridized carbons (Fsp3) is 0.357. The number of pyridine rings is 1. The van der Waals surface area contributed by atoms with Gasteiger partial charge in [-0.2, -0.15) is 10.4 Å². The van der Waals surface area contributed by atoms with Crippen LogP contribution in [-0.2, 0) is 0 Å². The topological polar surface area (TPSA) is 66.5 Å². The molecule has 0 bridgehead atoms. The highest BCUT2D eigenvalue weighted by atomic mass is 15.3. The third kappa shape index (κ3) is 3.10. The van der Waals surface area contributed by atoms with Gasteiger partial charge in [0.2, 0.25) is 0 Å². The van der Waals surface area contributed by atoms with Crippen molar-refractivity contribution in [3.05, 3.63) is 41.9 Å². The number of hydrogen-bond acceptors (Lipinski definition) is 4. The average Bonchev–Trinajstić information content (AvgIpc) is 2.85. The van der Waals surface area contributed by atoms with E-state index >= 15 is 0 Å². The van der Waals surface area contributed by atoms with Gasteiger partial charge in [0.25, 0.3) is 0 Å². The summed E-state index contributed by atoms with van der Waals surface area (Å²) in [4.78, 5) is 4.21. The van der Waals surface area contributed by atoms with E-state index < -0.39 is 0 Å². The molecule has 2 aromatic rings. The Balaban J connectivity index is 2.03. The van der Waals surface area contributed by atoms with Gasteiger partial charge in [-0.1, -0.05) is 0 Å². The standard InChI is InChI=1S/C14H17N5/c1-10-7-17-19(9-10)12(3)11(2)18-14-5-4-13(6-15)8-16-14/h4-5,7-9,11-12H,1-3H3,(H,16,18)/t11-,12+/m1/s1. The minimum atomic E-state index is 0.180. The summed E-state index contributed by atoms with van der Waals surface area (Å²) < 4.78 is 1.94. The smallest absolute Gasteiger partial charge is 0.126 e. The number of aromatic nitrogens is 3. The van der Waals surface area contributed by atoms with Crippen molar-refractivity contribution >= 4 is 5.82 Å². The van der Waals surface area contributed by atoms with Crippen molar-refractivity contribution in [3.63, 3.8) is 0 Å². The Bertz CT molecular complexity index is 579. The summed E-state index contributed by atoms with van der Waals surface area (Å²) in [7, 11) is 0. The SMILES string of the molecule is Cc1cnn([C@@H](C)[C@@H](C)Nc2ccc(C#N)cn2)c1. The van der Waals surface area contributed by atoms with Crippen LogP contribution in [0, 0.1) is 18.3 Å². The third-order valence-electron chi connectivity index (χ3n) is 3.14. The summed E-state index contributed by atoms with van der Waals surface area (Å²) in [6.07, 6.45) is 5.44. The number of anilines is 1. The fourth-order valence-electron chi connectivity index (χ4n) is 1.78. The van der Waals surface area contributed by atoms with Crippen LogP contribution in [0.4, 0.5) is 5.82 Å². The minimum Gasteiger partial charge on any atom is -0.365 e. The first-order chi connectivity index (χ1) is 9.10. The number of rotatable bonds is 4. The summed E-state index contributed by atoms with van der Waals surface area (Å²) in [6.45, 7) is 6.21. The van der Waals surface area contributed by atoms with Gasteiger partial charge >= 0.3 is 0 Å². The largest absolute Gasteiger partial charge is 0.365 e. The molecule has 0 saturated heterocycles. The Kier molecular flexibility index (Phi) is 3.81. The molecule has 0 fully saturated rings. The Hall–Kier alpha value is -2.35. The molecule has 0 unspecified atom stereocenters. The molecule has 2 heterocycles. The van der Waals surface area contributed by atoms with E-state index in [1.807, 2.05) is 30.1 Å². The minimum absolute atomic E-state index is 0.180. The molecule has 19 heavy (non-hydrogen) atoms. The lowest BCUT2D eigenvalue weighted by atomic mass is 10.1. The number of hydrogen-bond donors (Lipinski definition) is 1. The van der Waals surface area contributed by atoms with Gasteiger partial charge in [-0.3, -0.25) is 4.68 Å². The van der Waals surface area contributed by atoms with Crippen LogP contribution in [0.25, 0.3) is 0 Å². The molecular formula is C14H17N5. The molecule has 0 radical (unpaired) electrons. The first kappa shape index (κ1) is 13.1. The number of nitrogens with zero attached hydrogens (tertiary/aromatic N) is 4. The van der Waals surface area contributed by atoms with Crippen LogP contribution < -0.4 is 5.32 Å². The monoisotopic (exact) mass is 255 g/mol. The highest BCUT2D eigenvalue weighted by Crippen LogP contribution is 2.15. The number of nitrogens with one attached hydrogen (secondary N) is 1. The molecule has 2 atom stereocenters. The molecule has 98 valence electrons. The second-order valence-corrected chi connectivity index (χ2v) is 4.72. The van der Waals surface area contributed by atoms with E-state index in [4.69, 9.17) is 5.26 Å². The maximum atomic E-state index is 8.73. The molecule has 2 rings (SSSR count). The van der Waals surface area contributed by atoms with Crippen LogP contribution >= 0.6 is 0 Å². The highest BCUT2D eigenvalue weighted by molar-refractivity contribution is 5.39. The molecule has 2 aromatic heterocycles. The summed E-state index contributed by atoms with van der Waals surface area (Å²) in [5.74, 6) is 0.766. The first-order valence-corrected chi connectivity index (χ1v) is 6.23. The van der Waals surface area contributed by atoms with Crippen LogP contribution in [0.5, 0.6) is 0 Å². The van der Waals surface area contributed by atoms with Crippen LogP contribution in [0.1, 0.15) is 31.0 Å². The van der Waals surface area contributed by atoms with E-state index in [1.165, 1.54) is 0 Å². The zero-order chi connectivity index (χ0) is 13.8. The first-order valence-electron chi connectivity index (χ1n) is 6.23. The van der Waals surface area contributed by atoms with Gasteiger partial charge in [0.15, 0.2) is 0 Å². The second-order valence-electron chi connectivity index (χ2n) is 4.72. The van der Waals surface area contributed by atoms with Crippen LogP contribution in [-0.4, -0.2) is 20.8 Å². The second kappa shape index (κ2) is 5.53. The lowest BCUT2D eigenvalue weighted by Crippen LogP contribution is -2.27. The fourth-order valence-corrected chi connectivity index (χ4v) is 1.78. The molecule has 0 aliphatic rings. The molecule has 5 heteroatoms. The van der Waals surface area contributed by atoms with Crippen LogP contribution in [0.2, 0.25) is 0 Å². The zero-order valence-electron chi connectivity index (χ0n) is 11.3. The van der Waals surface area contributed by atoms with E-state index in [1.54, 1.807) is 12.3 Å². The van der Waals surface area contributed by atoms with Crippen molar-refractivity contribution in [1.82, 2.24) is 14.8 Å². The van der Waals surface area contributed by atoms with Crippen molar-refractivity contribution in [2.24, 2.45) is 0 Å². The van der Waals surface area contributed by atoms with Gasteiger partial charge in [0.05, 0.1) is 17.8 Å². The Morgan fingerprint density at radius 1 is 1.32 bits per heavy atom. The quantitative estimate of drug-likeness (QED) is 0.911. The van der Waals surface area contributed by atoms with Gasteiger partial charge in [0.1, 0.15) is 11.9 Å². The van der Waals surface area contributed by atoms with Gasteiger partial charge < -0.3 is 5.32 Å². The predicted molar refractivity (Wildman–Crippen MR) is 73.7 cm³/mol. The summed E-state index contributed by atoms with van der Waals surface area (Å²) in [5.41, 5.74) is 1.71. The van der Waals surface area contributed by atoms with Crippen molar-refractivity contribution in [2.75, 3.05) is 5.32 Å². The lowest BCUT2D eigenvalue weighted by Gasteiger charge is -2.22. The lowest BCUT2D eigenvalue weighted by molar-refractivity contribution is 0.442. The van der Waals surface area contributed by atoms with Gasteiger partial charge in [-0.05, 0) is 38.5 Å². The van der Waals surface area contributed by atoms with Gasteiger partial charge in [-0.15, -0.1) is 0 Å². The van der Waals surface area contributed by atoms with E-state index in [0.717, 1.165) is 11.4 Å². The molecule has 0 spiro atoms. The molecule has 1 N–H and O–H groups in total. The number of nitriles is 1. The van der Waals surface area contributed by atoms with Crippen molar-refractivity contribution < 1.29 is 0 Å². The van der Waals surface area contributed by atoms with Crippen molar-refractivity contribution in [1.29, 1.82) is 5.26 Å². The maximum Gasteiger partial charge on any atom is 0.126 e. The van der Waals surface area contributed by atoms with E-state index in [-0.39, 0.29) is 12.1 Å². The predicted octanol–water partition coefficient (Wildman–Crippen LogP) is 2.52. The zero-order valence-corrected chi connectivity index (χ0v) is 11.3. The van der Waals surface area contributed by atoms with Gasteiger partial charge in [0, 0.05) is 18.4 Å². The molecule has 0 saturated carbocycles. The summed E-state index contributed by atoms with van der Waals surface area (Å²) in [5, 5.41) is 16.4. The Morgan fingerprint density at radius 2 is 2.11 bits per heavy atom. The van der Waals surface area contributed by atoms with Crippen molar-refractivity contribution in [2.45, 2.75) is 32.9 Å². The average molecular weight is 255 g/mol. The van der Waals surface area contributed by atoms with Crippen molar-refractivity contribution in [3.8, 4) is 6.07 Å². The van der Waals surface area contributed by atoms with E-state index in [9.17, 15) is 0 Å². The Labute approximate surface area is 112 Å². The number of aryl methyl sites for hydroxylation is 1. The normalized spacial score (nSPS) is 13.6. The van der Waals surface area contributed by atoms with E-state index in [0.29, 0.717) is 5.56 Å². The molecule has 0 amide bonds. The molecule has 5 nitrogen and oxygen atoms in total. The highest BCUT2D eigenvalue weighted by Gasteiger charge is 2.14. The molecule has 0 aliphatic heterocycles. The van der Waals surface area contributed by atoms with Crippen LogP contribution in [0.15, 0.2) is 30.7 Å². The molecule has 0 aliphatic carbocycles. The summed E-state index contributed by atoms with van der Waals surface area (Å²) >= 11 is 0. The third-order valence-corrected chi connectivity index (χ3v) is 3.14. The van der Waals surface area contributed by atoms with E-state index in [2.05, 4.69) is 35.3 Å².